The minimum Gasteiger partial charge on any atom is -0.326 e. The van der Waals surface area contributed by atoms with Crippen LogP contribution in [0.1, 0.15) is 5.56 Å². The summed E-state index contributed by atoms with van der Waals surface area (Å²) in [6.45, 7) is 0.259. The zero-order chi connectivity index (χ0) is 9.97. The van der Waals surface area contributed by atoms with E-state index in [9.17, 15) is 4.79 Å². The molecule has 0 amide bonds. The molecule has 0 saturated heterocycles. The maximum atomic E-state index is 11.3. The molecule has 1 heterocycles. The van der Waals surface area contributed by atoms with Gasteiger partial charge in [0.05, 0.1) is 11.3 Å². The summed E-state index contributed by atoms with van der Waals surface area (Å²) < 4.78 is 1.67. The van der Waals surface area contributed by atoms with E-state index >= 15 is 0 Å². The van der Waals surface area contributed by atoms with Crippen LogP contribution in [0.5, 0.6) is 0 Å². The first-order chi connectivity index (χ1) is 6.81. The minimum absolute atomic E-state index is 0.128. The summed E-state index contributed by atoms with van der Waals surface area (Å²) in [4.78, 5) is 11.3. The number of para-hydroxylation sites is 1. The quantitative estimate of drug-likeness (QED) is 0.727. The molecule has 0 atom stereocenters. The Labute approximate surface area is 81.0 Å². The molecule has 0 unspecified atom stereocenters. The Hall–Kier alpha value is -1.81. The van der Waals surface area contributed by atoms with Crippen LogP contribution < -0.4 is 11.3 Å². The third-order valence-corrected chi connectivity index (χ3v) is 2.05. The Morgan fingerprint density at radius 3 is 2.57 bits per heavy atom. The number of benzene rings is 1. The average Bonchev–Trinajstić information content (AvgIpc) is 2.61. The van der Waals surface area contributed by atoms with Gasteiger partial charge in [-0.25, -0.2) is 0 Å². The second-order valence-corrected chi connectivity index (χ2v) is 3.00. The molecule has 1 aromatic carbocycles. The standard InChI is InChI=1S/C10H11N3O/c11-6-8-7-13(12-10(8)14)9-4-2-1-3-5-9/h1-5,7H,6,11H2,(H,12,14). The van der Waals surface area contributed by atoms with E-state index in [1.807, 2.05) is 30.3 Å². The Kier molecular flexibility index (Phi) is 2.20. The number of nitrogens with two attached hydrogens (primary N) is 1. The van der Waals surface area contributed by atoms with Crippen LogP contribution in [-0.2, 0) is 6.54 Å². The first-order valence-electron chi connectivity index (χ1n) is 4.37. The molecule has 0 saturated carbocycles. The van der Waals surface area contributed by atoms with Gasteiger partial charge < -0.3 is 5.73 Å². The second kappa shape index (κ2) is 3.51. The fraction of sp³-hybridized carbons (Fsp3) is 0.100. The van der Waals surface area contributed by atoms with E-state index in [1.54, 1.807) is 10.9 Å². The van der Waals surface area contributed by atoms with Crippen molar-refractivity contribution in [2.45, 2.75) is 6.54 Å². The molecular weight excluding hydrogens is 178 g/mol. The predicted molar refractivity (Wildman–Crippen MR) is 54.3 cm³/mol. The van der Waals surface area contributed by atoms with Gasteiger partial charge >= 0.3 is 0 Å². The van der Waals surface area contributed by atoms with Crippen molar-refractivity contribution in [1.82, 2.24) is 9.78 Å². The van der Waals surface area contributed by atoms with Gasteiger partial charge in [0.1, 0.15) is 0 Å². The average molecular weight is 189 g/mol. The van der Waals surface area contributed by atoms with E-state index in [0.717, 1.165) is 5.69 Å². The predicted octanol–water partition coefficient (Wildman–Crippen LogP) is 0.624. The molecule has 2 rings (SSSR count). The molecule has 0 aliphatic heterocycles. The third-order valence-electron chi connectivity index (χ3n) is 2.05. The Morgan fingerprint density at radius 2 is 2.00 bits per heavy atom. The highest BCUT2D eigenvalue weighted by molar-refractivity contribution is 5.30. The molecule has 2 aromatic rings. The van der Waals surface area contributed by atoms with Crippen LogP contribution in [0.2, 0.25) is 0 Å². The van der Waals surface area contributed by atoms with Crippen LogP contribution in [0, 0.1) is 0 Å². The fourth-order valence-electron chi connectivity index (χ4n) is 1.30. The molecule has 0 aliphatic rings. The smallest absolute Gasteiger partial charge is 0.268 e. The third kappa shape index (κ3) is 1.47. The molecule has 72 valence electrons. The van der Waals surface area contributed by atoms with Gasteiger partial charge in [0.15, 0.2) is 0 Å². The number of nitrogens with one attached hydrogen (secondary N) is 1. The Balaban J connectivity index is 2.48. The van der Waals surface area contributed by atoms with E-state index in [2.05, 4.69) is 5.10 Å². The molecular formula is C10H11N3O. The highest BCUT2D eigenvalue weighted by Gasteiger charge is 2.02. The Bertz CT molecular complexity index is 470. The van der Waals surface area contributed by atoms with Crippen molar-refractivity contribution in [2.75, 3.05) is 0 Å². The maximum absolute atomic E-state index is 11.3. The zero-order valence-corrected chi connectivity index (χ0v) is 7.60. The summed E-state index contributed by atoms with van der Waals surface area (Å²) in [6.07, 6.45) is 1.72. The van der Waals surface area contributed by atoms with Gasteiger partial charge in [0, 0.05) is 12.7 Å². The van der Waals surface area contributed by atoms with Gasteiger partial charge in [0.25, 0.3) is 5.56 Å². The van der Waals surface area contributed by atoms with Crippen LogP contribution in [0.25, 0.3) is 5.69 Å². The van der Waals surface area contributed by atoms with E-state index < -0.39 is 0 Å². The van der Waals surface area contributed by atoms with Crippen LogP contribution in [-0.4, -0.2) is 9.78 Å². The number of rotatable bonds is 2. The van der Waals surface area contributed by atoms with Crippen molar-refractivity contribution in [3.8, 4) is 5.69 Å². The van der Waals surface area contributed by atoms with Crippen molar-refractivity contribution in [3.63, 3.8) is 0 Å². The normalized spacial score (nSPS) is 10.4. The van der Waals surface area contributed by atoms with Crippen LogP contribution >= 0.6 is 0 Å². The molecule has 4 nitrogen and oxygen atoms in total. The van der Waals surface area contributed by atoms with Gasteiger partial charge in [-0.3, -0.25) is 14.6 Å². The van der Waals surface area contributed by atoms with Crippen molar-refractivity contribution in [1.29, 1.82) is 0 Å². The minimum atomic E-state index is -0.128. The van der Waals surface area contributed by atoms with Crippen molar-refractivity contribution >= 4 is 0 Å². The molecule has 0 radical (unpaired) electrons. The first-order valence-corrected chi connectivity index (χ1v) is 4.37. The van der Waals surface area contributed by atoms with Gasteiger partial charge in [0.2, 0.25) is 0 Å². The number of hydrogen-bond donors (Lipinski definition) is 2. The van der Waals surface area contributed by atoms with Crippen LogP contribution in [0.15, 0.2) is 41.3 Å². The summed E-state index contributed by atoms with van der Waals surface area (Å²) in [5, 5.41) is 2.69. The van der Waals surface area contributed by atoms with Gasteiger partial charge in [-0.1, -0.05) is 18.2 Å². The Morgan fingerprint density at radius 1 is 1.29 bits per heavy atom. The van der Waals surface area contributed by atoms with Crippen molar-refractivity contribution < 1.29 is 0 Å². The summed E-state index contributed by atoms with van der Waals surface area (Å²) in [5.41, 5.74) is 6.79. The zero-order valence-electron chi connectivity index (χ0n) is 7.60. The molecule has 0 bridgehead atoms. The molecule has 0 fully saturated rings. The van der Waals surface area contributed by atoms with E-state index in [0.29, 0.717) is 5.56 Å². The summed E-state index contributed by atoms with van der Waals surface area (Å²) in [5.74, 6) is 0. The van der Waals surface area contributed by atoms with Crippen molar-refractivity contribution in [2.24, 2.45) is 5.73 Å². The number of hydrogen-bond acceptors (Lipinski definition) is 2. The largest absolute Gasteiger partial charge is 0.326 e. The number of H-pyrrole nitrogens is 1. The SMILES string of the molecule is NCc1cn(-c2ccccc2)[nH]c1=O. The summed E-state index contributed by atoms with van der Waals surface area (Å²) in [7, 11) is 0. The lowest BCUT2D eigenvalue weighted by Gasteiger charge is -1.99. The lowest BCUT2D eigenvalue weighted by atomic mass is 10.3. The molecule has 0 aliphatic carbocycles. The molecule has 1 aromatic heterocycles. The first kappa shape index (κ1) is 8.77. The van der Waals surface area contributed by atoms with Crippen LogP contribution in [0.3, 0.4) is 0 Å². The maximum Gasteiger partial charge on any atom is 0.268 e. The van der Waals surface area contributed by atoms with E-state index in [4.69, 9.17) is 5.73 Å². The molecule has 4 heteroatoms. The fourth-order valence-corrected chi connectivity index (χ4v) is 1.30. The topological polar surface area (TPSA) is 63.8 Å². The number of aromatic amines is 1. The number of nitrogens with zero attached hydrogens (tertiary/aromatic N) is 1. The second-order valence-electron chi connectivity index (χ2n) is 3.00. The van der Waals surface area contributed by atoms with Crippen molar-refractivity contribution in [3.05, 3.63) is 52.4 Å². The van der Waals surface area contributed by atoms with Gasteiger partial charge in [-0.05, 0) is 12.1 Å². The van der Waals surface area contributed by atoms with Gasteiger partial charge in [-0.15, -0.1) is 0 Å². The van der Waals surface area contributed by atoms with E-state index in [1.165, 1.54) is 0 Å². The molecule has 3 N–H and O–H groups in total. The molecule has 0 spiro atoms. The van der Waals surface area contributed by atoms with Gasteiger partial charge in [-0.2, -0.15) is 0 Å². The monoisotopic (exact) mass is 189 g/mol. The molecule has 14 heavy (non-hydrogen) atoms. The summed E-state index contributed by atoms with van der Waals surface area (Å²) >= 11 is 0. The summed E-state index contributed by atoms with van der Waals surface area (Å²) in [6, 6.07) is 9.58. The lowest BCUT2D eigenvalue weighted by Crippen LogP contribution is -2.10. The number of aromatic nitrogens is 2. The highest BCUT2D eigenvalue weighted by atomic mass is 16.1. The van der Waals surface area contributed by atoms with Crippen LogP contribution in [0.4, 0.5) is 0 Å². The van der Waals surface area contributed by atoms with E-state index in [-0.39, 0.29) is 12.1 Å². The highest BCUT2D eigenvalue weighted by Crippen LogP contribution is 2.04. The lowest BCUT2D eigenvalue weighted by molar-refractivity contribution is 0.864.